The first-order chi connectivity index (χ1) is 7.50. The lowest BCUT2D eigenvalue weighted by atomic mass is 10.1. The average Bonchev–Trinajstić information content (AvgIpc) is 2.25. The number of aromatic nitrogens is 1. The van der Waals surface area contributed by atoms with E-state index in [0.29, 0.717) is 12.1 Å². The van der Waals surface area contributed by atoms with Gasteiger partial charge in [-0.05, 0) is 25.5 Å². The summed E-state index contributed by atoms with van der Waals surface area (Å²) in [6.07, 6.45) is -1.37. The fourth-order valence-corrected chi connectivity index (χ4v) is 1.31. The Balaban J connectivity index is 2.52. The largest absolute Gasteiger partial charge is 0.465 e. The average molecular weight is 224 g/mol. The predicted octanol–water partition coefficient (Wildman–Crippen LogP) is 1.42. The molecule has 0 aliphatic rings. The van der Waals surface area contributed by atoms with Crippen LogP contribution in [0, 0.1) is 6.92 Å². The molecule has 2 N–H and O–H groups in total. The van der Waals surface area contributed by atoms with Crippen molar-refractivity contribution in [1.82, 2.24) is 9.88 Å². The van der Waals surface area contributed by atoms with Crippen LogP contribution in [0.4, 0.5) is 4.79 Å². The van der Waals surface area contributed by atoms with Crippen molar-refractivity contribution >= 4 is 6.09 Å². The van der Waals surface area contributed by atoms with Crippen LogP contribution in [0.15, 0.2) is 18.2 Å². The van der Waals surface area contributed by atoms with E-state index in [1.807, 2.05) is 19.1 Å². The summed E-state index contributed by atoms with van der Waals surface area (Å²) >= 11 is 0. The van der Waals surface area contributed by atoms with Crippen molar-refractivity contribution in [3.05, 3.63) is 29.6 Å². The quantitative estimate of drug-likeness (QED) is 0.811. The maximum atomic E-state index is 10.5. The minimum absolute atomic E-state index is 0.284. The highest BCUT2D eigenvalue weighted by molar-refractivity contribution is 5.64. The third-order valence-corrected chi connectivity index (χ3v) is 2.32. The molecule has 0 bridgehead atoms. The molecule has 0 radical (unpaired) electrons. The summed E-state index contributed by atoms with van der Waals surface area (Å²) in [7, 11) is 1.47. The lowest BCUT2D eigenvalue weighted by Crippen LogP contribution is -2.26. The van der Waals surface area contributed by atoms with Crippen molar-refractivity contribution in [2.45, 2.75) is 19.4 Å². The Morgan fingerprint density at radius 3 is 2.81 bits per heavy atom. The molecule has 0 aliphatic heterocycles. The first-order valence-corrected chi connectivity index (χ1v) is 5.06. The maximum absolute atomic E-state index is 10.5. The Morgan fingerprint density at radius 1 is 1.56 bits per heavy atom. The number of hydrogen-bond acceptors (Lipinski definition) is 3. The van der Waals surface area contributed by atoms with Crippen LogP contribution >= 0.6 is 0 Å². The number of amides is 1. The first-order valence-electron chi connectivity index (χ1n) is 5.06. The van der Waals surface area contributed by atoms with Gasteiger partial charge in [0.25, 0.3) is 0 Å². The number of hydrogen-bond donors (Lipinski definition) is 2. The van der Waals surface area contributed by atoms with Gasteiger partial charge in [0.2, 0.25) is 0 Å². The molecular weight excluding hydrogens is 208 g/mol. The van der Waals surface area contributed by atoms with Crippen LogP contribution in [-0.4, -0.2) is 39.8 Å². The van der Waals surface area contributed by atoms with E-state index in [4.69, 9.17) is 5.11 Å². The van der Waals surface area contributed by atoms with E-state index >= 15 is 0 Å². The Labute approximate surface area is 94.4 Å². The molecule has 0 spiro atoms. The lowest BCUT2D eigenvalue weighted by Gasteiger charge is -2.15. The second kappa shape index (κ2) is 5.46. The van der Waals surface area contributed by atoms with Gasteiger partial charge in [-0.3, -0.25) is 4.98 Å². The Bertz CT molecular complexity index is 368. The Kier molecular flexibility index (Phi) is 4.25. The molecule has 0 aliphatic carbocycles. The van der Waals surface area contributed by atoms with Gasteiger partial charge in [0.05, 0.1) is 11.8 Å². The minimum atomic E-state index is -0.996. The highest BCUT2D eigenvalue weighted by atomic mass is 16.4. The second-order valence-electron chi connectivity index (χ2n) is 3.71. The van der Waals surface area contributed by atoms with Gasteiger partial charge in [0.15, 0.2) is 0 Å². The van der Waals surface area contributed by atoms with Gasteiger partial charge in [-0.2, -0.15) is 0 Å². The van der Waals surface area contributed by atoms with Crippen LogP contribution in [0.3, 0.4) is 0 Å². The summed E-state index contributed by atoms with van der Waals surface area (Å²) in [6.45, 7) is 2.13. The second-order valence-corrected chi connectivity index (χ2v) is 3.71. The number of aliphatic hydroxyl groups is 1. The molecule has 0 saturated heterocycles. The topological polar surface area (TPSA) is 73.7 Å². The third kappa shape index (κ3) is 3.51. The van der Waals surface area contributed by atoms with Gasteiger partial charge in [0.1, 0.15) is 0 Å². The van der Waals surface area contributed by atoms with E-state index in [1.54, 1.807) is 6.07 Å². The molecule has 1 rings (SSSR count). The summed E-state index contributed by atoms with van der Waals surface area (Å²) in [4.78, 5) is 15.8. The highest BCUT2D eigenvalue weighted by Gasteiger charge is 2.12. The van der Waals surface area contributed by atoms with Gasteiger partial charge in [-0.15, -0.1) is 0 Å². The monoisotopic (exact) mass is 224 g/mol. The number of aliphatic hydroxyl groups excluding tert-OH is 1. The normalized spacial score (nSPS) is 12.2. The molecule has 1 atom stereocenters. The number of aryl methyl sites for hydroxylation is 1. The van der Waals surface area contributed by atoms with Gasteiger partial charge >= 0.3 is 6.09 Å². The van der Waals surface area contributed by atoms with Crippen molar-refractivity contribution in [2.75, 3.05) is 13.6 Å². The number of carbonyl (C=O) groups is 1. The van der Waals surface area contributed by atoms with Crippen molar-refractivity contribution in [1.29, 1.82) is 0 Å². The number of nitrogens with zero attached hydrogens (tertiary/aromatic N) is 2. The van der Waals surface area contributed by atoms with Crippen molar-refractivity contribution in [3.8, 4) is 0 Å². The zero-order valence-electron chi connectivity index (χ0n) is 9.42. The van der Waals surface area contributed by atoms with Crippen LogP contribution in [0.1, 0.15) is 23.9 Å². The molecule has 1 aromatic heterocycles. The molecule has 0 fully saturated rings. The highest BCUT2D eigenvalue weighted by Crippen LogP contribution is 2.14. The molecule has 88 valence electrons. The van der Waals surface area contributed by atoms with Crippen molar-refractivity contribution in [2.24, 2.45) is 0 Å². The smallest absolute Gasteiger partial charge is 0.407 e. The van der Waals surface area contributed by atoms with Crippen LogP contribution < -0.4 is 0 Å². The van der Waals surface area contributed by atoms with E-state index in [-0.39, 0.29) is 6.54 Å². The van der Waals surface area contributed by atoms with E-state index in [9.17, 15) is 9.90 Å². The van der Waals surface area contributed by atoms with E-state index < -0.39 is 12.2 Å². The minimum Gasteiger partial charge on any atom is -0.465 e. The summed E-state index contributed by atoms with van der Waals surface area (Å²) in [6, 6.07) is 5.40. The molecule has 0 saturated carbocycles. The molecule has 1 heterocycles. The third-order valence-electron chi connectivity index (χ3n) is 2.32. The van der Waals surface area contributed by atoms with Gasteiger partial charge in [-0.1, -0.05) is 6.07 Å². The molecule has 1 amide bonds. The van der Waals surface area contributed by atoms with Crippen LogP contribution in [0.5, 0.6) is 0 Å². The molecular formula is C11H16N2O3. The van der Waals surface area contributed by atoms with Crippen molar-refractivity contribution < 1.29 is 15.0 Å². The van der Waals surface area contributed by atoms with Gasteiger partial charge in [-0.25, -0.2) is 4.79 Å². The van der Waals surface area contributed by atoms with Gasteiger partial charge in [0, 0.05) is 19.3 Å². The van der Waals surface area contributed by atoms with Crippen LogP contribution in [0.2, 0.25) is 0 Å². The molecule has 0 aromatic carbocycles. The van der Waals surface area contributed by atoms with E-state index in [1.165, 1.54) is 7.05 Å². The lowest BCUT2D eigenvalue weighted by molar-refractivity contribution is 0.128. The van der Waals surface area contributed by atoms with E-state index in [2.05, 4.69) is 4.98 Å². The van der Waals surface area contributed by atoms with E-state index in [0.717, 1.165) is 10.6 Å². The fourth-order valence-electron chi connectivity index (χ4n) is 1.31. The van der Waals surface area contributed by atoms with Gasteiger partial charge < -0.3 is 15.1 Å². The predicted molar refractivity (Wildman–Crippen MR) is 59.2 cm³/mol. The molecule has 16 heavy (non-hydrogen) atoms. The molecule has 1 unspecified atom stereocenters. The maximum Gasteiger partial charge on any atom is 0.407 e. The fraction of sp³-hybridized carbons (Fsp3) is 0.455. The molecule has 1 aromatic rings. The van der Waals surface area contributed by atoms with Crippen LogP contribution in [0.25, 0.3) is 0 Å². The number of carboxylic acid groups (broad SMARTS) is 1. The Morgan fingerprint density at radius 2 is 2.25 bits per heavy atom. The van der Waals surface area contributed by atoms with Crippen molar-refractivity contribution in [3.63, 3.8) is 0 Å². The molecule has 5 heteroatoms. The molecule has 5 nitrogen and oxygen atoms in total. The zero-order chi connectivity index (χ0) is 12.1. The summed E-state index contributed by atoms with van der Waals surface area (Å²) in [5.74, 6) is 0. The van der Waals surface area contributed by atoms with Crippen LogP contribution in [-0.2, 0) is 0 Å². The SMILES string of the molecule is Cc1cccc(C(O)CCN(C)C(=O)O)n1. The number of pyridine rings is 1. The summed E-state index contributed by atoms with van der Waals surface area (Å²) in [5, 5.41) is 18.4. The zero-order valence-corrected chi connectivity index (χ0v) is 9.42. The number of rotatable bonds is 4. The standard InChI is InChI=1S/C11H16N2O3/c1-8-4-3-5-9(12-8)10(14)6-7-13(2)11(15)16/h3-5,10,14H,6-7H2,1-2H3,(H,15,16). The summed E-state index contributed by atoms with van der Waals surface area (Å²) < 4.78 is 0. The first kappa shape index (κ1) is 12.4. The Hall–Kier alpha value is -1.62. The summed E-state index contributed by atoms with van der Waals surface area (Å²) in [5.41, 5.74) is 1.42.